The molecule has 3 aromatic carbocycles. The van der Waals surface area contributed by atoms with Crippen molar-refractivity contribution in [3.05, 3.63) is 84.4 Å². The van der Waals surface area contributed by atoms with Crippen LogP contribution in [0, 0.1) is 5.92 Å². The molecule has 38 heavy (non-hydrogen) atoms. The first-order valence-electron chi connectivity index (χ1n) is 12.4. The van der Waals surface area contributed by atoms with Crippen molar-refractivity contribution < 1.29 is 22.8 Å². The molecule has 198 valence electrons. The minimum atomic E-state index is -3.63. The molecular weight excluding hydrogens is 504 g/mol. The molecule has 0 aromatic heterocycles. The summed E-state index contributed by atoms with van der Waals surface area (Å²) in [5.41, 5.74) is 2.09. The lowest BCUT2D eigenvalue weighted by atomic mass is 10.1. The van der Waals surface area contributed by atoms with E-state index in [1.54, 1.807) is 36.1 Å². The zero-order chi connectivity index (χ0) is 27.3. The largest absolute Gasteiger partial charge is 0.326 e. The monoisotopic (exact) mass is 534 g/mol. The number of rotatable bonds is 9. The molecule has 4 rings (SSSR count). The van der Waals surface area contributed by atoms with E-state index in [2.05, 4.69) is 15.4 Å². The van der Waals surface area contributed by atoms with Gasteiger partial charge >= 0.3 is 0 Å². The van der Waals surface area contributed by atoms with Gasteiger partial charge in [0.05, 0.1) is 10.8 Å². The van der Waals surface area contributed by atoms with E-state index >= 15 is 0 Å². The summed E-state index contributed by atoms with van der Waals surface area (Å²) in [6.07, 6.45) is 0.804. The maximum absolute atomic E-state index is 12.8. The Morgan fingerprint density at radius 1 is 0.921 bits per heavy atom. The van der Waals surface area contributed by atoms with Crippen molar-refractivity contribution in [2.45, 2.75) is 37.6 Å². The predicted molar refractivity (Wildman–Crippen MR) is 146 cm³/mol. The van der Waals surface area contributed by atoms with Gasteiger partial charge in [0.15, 0.2) is 0 Å². The van der Waals surface area contributed by atoms with E-state index in [9.17, 15) is 22.8 Å². The highest BCUT2D eigenvalue weighted by molar-refractivity contribution is 7.89. The van der Waals surface area contributed by atoms with Crippen molar-refractivity contribution >= 4 is 44.8 Å². The highest BCUT2D eigenvalue weighted by Crippen LogP contribution is 2.26. The molecule has 0 aliphatic carbocycles. The Bertz CT molecular complexity index is 1410. The minimum Gasteiger partial charge on any atom is -0.326 e. The van der Waals surface area contributed by atoms with Crippen LogP contribution in [0.5, 0.6) is 0 Å². The minimum absolute atomic E-state index is 0.0965. The normalized spacial score (nSPS) is 16.2. The highest BCUT2D eigenvalue weighted by Gasteiger charge is 2.35. The fourth-order valence-electron chi connectivity index (χ4n) is 4.03. The molecule has 1 heterocycles. The number of amides is 3. The molecule has 3 amide bonds. The zero-order valence-corrected chi connectivity index (χ0v) is 22.0. The van der Waals surface area contributed by atoms with Crippen LogP contribution < -0.4 is 20.3 Å². The van der Waals surface area contributed by atoms with Crippen molar-refractivity contribution in [3.63, 3.8) is 0 Å². The van der Waals surface area contributed by atoms with Gasteiger partial charge in [0.2, 0.25) is 21.8 Å². The van der Waals surface area contributed by atoms with Crippen LogP contribution >= 0.6 is 0 Å². The van der Waals surface area contributed by atoms with Gasteiger partial charge in [0.25, 0.3) is 5.91 Å². The number of carbonyl (C=O) groups excluding carboxylic acids is 3. The number of carbonyl (C=O) groups is 3. The van der Waals surface area contributed by atoms with Gasteiger partial charge in [0.1, 0.15) is 0 Å². The molecule has 1 aliphatic rings. The number of nitrogens with one attached hydrogen (secondary N) is 3. The quantitative estimate of drug-likeness (QED) is 0.383. The second kappa shape index (κ2) is 11.6. The SMILES string of the molecule is CCC(C)NS(=O)(=O)c1ccc(NC(=O)c2ccc(NC(=O)C3CC(=O)N(c4ccccc4)C3)cc2)cc1. The molecule has 1 fully saturated rings. The molecule has 3 N–H and O–H groups in total. The zero-order valence-electron chi connectivity index (χ0n) is 21.2. The molecule has 9 nitrogen and oxygen atoms in total. The summed E-state index contributed by atoms with van der Waals surface area (Å²) in [5, 5.41) is 5.55. The lowest BCUT2D eigenvalue weighted by molar-refractivity contribution is -0.122. The van der Waals surface area contributed by atoms with E-state index in [-0.39, 0.29) is 35.1 Å². The molecule has 2 unspecified atom stereocenters. The van der Waals surface area contributed by atoms with E-state index in [4.69, 9.17) is 0 Å². The second-order valence-electron chi connectivity index (χ2n) is 9.22. The molecule has 0 spiro atoms. The van der Waals surface area contributed by atoms with Crippen LogP contribution in [0.4, 0.5) is 17.1 Å². The van der Waals surface area contributed by atoms with E-state index in [0.29, 0.717) is 29.9 Å². The maximum Gasteiger partial charge on any atom is 0.255 e. The molecule has 2 atom stereocenters. The first kappa shape index (κ1) is 27.0. The van der Waals surface area contributed by atoms with Gasteiger partial charge in [-0.1, -0.05) is 25.1 Å². The van der Waals surface area contributed by atoms with Crippen LogP contribution in [0.15, 0.2) is 83.8 Å². The number of nitrogens with zero attached hydrogens (tertiary/aromatic N) is 1. The Kier molecular flexibility index (Phi) is 8.23. The fraction of sp³-hybridized carbons (Fsp3) is 0.250. The molecule has 0 saturated carbocycles. The van der Waals surface area contributed by atoms with Gasteiger partial charge in [-0.3, -0.25) is 14.4 Å². The third-order valence-corrected chi connectivity index (χ3v) is 7.97. The third-order valence-electron chi connectivity index (χ3n) is 6.37. The number of benzene rings is 3. The van der Waals surface area contributed by atoms with E-state index in [1.807, 2.05) is 37.3 Å². The molecule has 0 radical (unpaired) electrons. The molecule has 10 heteroatoms. The van der Waals surface area contributed by atoms with E-state index in [0.717, 1.165) is 5.69 Å². The second-order valence-corrected chi connectivity index (χ2v) is 10.9. The van der Waals surface area contributed by atoms with Crippen molar-refractivity contribution in [2.75, 3.05) is 22.1 Å². The number of para-hydroxylation sites is 1. The summed E-state index contributed by atoms with van der Waals surface area (Å²) < 4.78 is 27.4. The Balaban J connectivity index is 1.33. The average Bonchev–Trinajstić information content (AvgIpc) is 3.31. The Morgan fingerprint density at radius 3 is 2.16 bits per heavy atom. The van der Waals surface area contributed by atoms with Crippen LogP contribution in [0.1, 0.15) is 37.0 Å². The maximum atomic E-state index is 12.8. The summed E-state index contributed by atoms with van der Waals surface area (Å²) in [7, 11) is -3.63. The van der Waals surface area contributed by atoms with Gasteiger partial charge in [0, 0.05) is 41.6 Å². The van der Waals surface area contributed by atoms with Crippen molar-refractivity contribution in [3.8, 4) is 0 Å². The van der Waals surface area contributed by atoms with Gasteiger partial charge in [-0.2, -0.15) is 0 Å². The van der Waals surface area contributed by atoms with E-state index in [1.165, 1.54) is 24.3 Å². The van der Waals surface area contributed by atoms with Gasteiger partial charge in [-0.25, -0.2) is 13.1 Å². The van der Waals surface area contributed by atoms with Crippen molar-refractivity contribution in [1.29, 1.82) is 0 Å². The predicted octanol–water partition coefficient (Wildman–Crippen LogP) is 4.01. The topological polar surface area (TPSA) is 125 Å². The molecule has 3 aromatic rings. The lowest BCUT2D eigenvalue weighted by Crippen LogP contribution is -2.31. The molecular formula is C28H30N4O5S. The summed E-state index contributed by atoms with van der Waals surface area (Å²) in [4.78, 5) is 39.5. The van der Waals surface area contributed by atoms with Crippen LogP contribution in [0.2, 0.25) is 0 Å². The molecule has 1 aliphatic heterocycles. The number of hydrogen-bond donors (Lipinski definition) is 3. The standard InChI is InChI=1S/C28H30N4O5S/c1-3-19(2)31-38(36,37)25-15-13-23(14-16-25)29-27(34)20-9-11-22(12-10-20)30-28(35)21-17-26(33)32(18-21)24-7-5-4-6-8-24/h4-16,19,21,31H,3,17-18H2,1-2H3,(H,29,34)(H,30,35). The van der Waals surface area contributed by atoms with Gasteiger partial charge in [-0.15, -0.1) is 0 Å². The summed E-state index contributed by atoms with van der Waals surface area (Å²) in [5.74, 6) is -1.21. The summed E-state index contributed by atoms with van der Waals surface area (Å²) in [6.45, 7) is 3.99. The van der Waals surface area contributed by atoms with Crippen molar-refractivity contribution in [2.24, 2.45) is 5.92 Å². The van der Waals surface area contributed by atoms with Gasteiger partial charge in [-0.05, 0) is 74.0 Å². The smallest absolute Gasteiger partial charge is 0.255 e. The Morgan fingerprint density at radius 2 is 1.53 bits per heavy atom. The van der Waals surface area contributed by atoms with Crippen molar-refractivity contribution in [1.82, 2.24) is 4.72 Å². The lowest BCUT2D eigenvalue weighted by Gasteiger charge is -2.16. The highest BCUT2D eigenvalue weighted by atomic mass is 32.2. The fourth-order valence-corrected chi connectivity index (χ4v) is 5.35. The number of hydrogen-bond acceptors (Lipinski definition) is 5. The molecule has 0 bridgehead atoms. The van der Waals surface area contributed by atoms with E-state index < -0.39 is 15.9 Å². The van der Waals surface area contributed by atoms with Crippen LogP contribution in [-0.2, 0) is 19.6 Å². The Labute approximate surface area is 222 Å². The molecule has 1 saturated heterocycles. The summed E-state index contributed by atoms with van der Waals surface area (Å²) >= 11 is 0. The van der Waals surface area contributed by atoms with Gasteiger partial charge < -0.3 is 15.5 Å². The average molecular weight is 535 g/mol. The van der Waals surface area contributed by atoms with Crippen LogP contribution in [-0.4, -0.2) is 38.7 Å². The Hall–Kier alpha value is -4.02. The number of sulfonamides is 1. The summed E-state index contributed by atoms with van der Waals surface area (Å²) in [6, 6.07) is 21.4. The first-order chi connectivity index (χ1) is 18.2. The number of anilines is 3. The van der Waals surface area contributed by atoms with Crippen LogP contribution in [0.25, 0.3) is 0 Å². The first-order valence-corrected chi connectivity index (χ1v) is 13.8. The third kappa shape index (κ3) is 6.45. The van der Waals surface area contributed by atoms with Crippen LogP contribution in [0.3, 0.4) is 0 Å².